The number of ether oxygens (including phenoxy) is 1. The molecule has 17 heavy (non-hydrogen) atoms. The van der Waals surface area contributed by atoms with E-state index >= 15 is 0 Å². The number of hydrogen-bond donors (Lipinski definition) is 1. The van der Waals surface area contributed by atoms with Crippen LogP contribution in [0.25, 0.3) is 0 Å². The van der Waals surface area contributed by atoms with Crippen molar-refractivity contribution in [1.82, 2.24) is 4.98 Å². The van der Waals surface area contributed by atoms with Crippen LogP contribution in [0.2, 0.25) is 5.02 Å². The Kier molecular flexibility index (Phi) is 3.56. The molecule has 0 aliphatic rings. The Morgan fingerprint density at radius 3 is 2.41 bits per heavy atom. The zero-order valence-corrected chi connectivity index (χ0v) is 10.3. The third-order valence-electron chi connectivity index (χ3n) is 2.06. The highest BCUT2D eigenvalue weighted by atomic mass is 35.5. The molecular formula is C12H9ClN2OS. The van der Waals surface area contributed by atoms with Crippen LogP contribution in [0.5, 0.6) is 11.6 Å². The maximum absolute atomic E-state index is 5.77. The van der Waals surface area contributed by atoms with Gasteiger partial charge in [-0.05, 0) is 30.3 Å². The summed E-state index contributed by atoms with van der Waals surface area (Å²) < 4.78 is 5.51. The third-order valence-corrected chi connectivity index (χ3v) is 2.54. The number of pyridine rings is 1. The van der Waals surface area contributed by atoms with E-state index in [2.05, 4.69) is 4.98 Å². The van der Waals surface area contributed by atoms with Gasteiger partial charge in [0.2, 0.25) is 5.88 Å². The molecule has 0 aliphatic carbocycles. The van der Waals surface area contributed by atoms with E-state index in [4.69, 9.17) is 34.3 Å². The first kappa shape index (κ1) is 11.8. The zero-order valence-electron chi connectivity index (χ0n) is 8.76. The van der Waals surface area contributed by atoms with Crippen molar-refractivity contribution in [3.05, 3.63) is 53.2 Å². The molecule has 0 saturated heterocycles. The maximum Gasteiger partial charge on any atom is 0.219 e. The highest BCUT2D eigenvalue weighted by Gasteiger charge is 2.00. The van der Waals surface area contributed by atoms with Crippen molar-refractivity contribution in [3.8, 4) is 11.6 Å². The summed E-state index contributed by atoms with van der Waals surface area (Å²) in [5.74, 6) is 1.15. The molecule has 2 rings (SSSR count). The number of rotatable bonds is 3. The SMILES string of the molecule is NC(=S)c1ccc(Oc2ccc(Cl)cc2)nc1. The van der Waals surface area contributed by atoms with E-state index in [-0.39, 0.29) is 0 Å². The highest BCUT2D eigenvalue weighted by Crippen LogP contribution is 2.21. The lowest BCUT2D eigenvalue weighted by atomic mass is 10.3. The normalized spacial score (nSPS) is 9.94. The third kappa shape index (κ3) is 3.15. The van der Waals surface area contributed by atoms with Gasteiger partial charge in [-0.3, -0.25) is 0 Å². The van der Waals surface area contributed by atoms with Crippen molar-refractivity contribution < 1.29 is 4.74 Å². The van der Waals surface area contributed by atoms with Gasteiger partial charge in [0, 0.05) is 22.8 Å². The lowest BCUT2D eigenvalue weighted by molar-refractivity contribution is 0.463. The number of nitrogens with zero attached hydrogens (tertiary/aromatic N) is 1. The molecule has 1 aromatic heterocycles. The van der Waals surface area contributed by atoms with Gasteiger partial charge in [-0.2, -0.15) is 0 Å². The molecule has 2 aromatic rings. The monoisotopic (exact) mass is 264 g/mol. The van der Waals surface area contributed by atoms with Gasteiger partial charge in [-0.1, -0.05) is 23.8 Å². The van der Waals surface area contributed by atoms with E-state index in [0.29, 0.717) is 27.2 Å². The van der Waals surface area contributed by atoms with Crippen molar-refractivity contribution in [2.45, 2.75) is 0 Å². The van der Waals surface area contributed by atoms with Gasteiger partial charge in [-0.25, -0.2) is 4.98 Å². The molecular weight excluding hydrogens is 256 g/mol. The van der Waals surface area contributed by atoms with E-state index in [9.17, 15) is 0 Å². The summed E-state index contributed by atoms with van der Waals surface area (Å²) in [6, 6.07) is 10.5. The first-order valence-electron chi connectivity index (χ1n) is 4.84. The Labute approximate surface area is 109 Å². The average molecular weight is 265 g/mol. The molecule has 0 amide bonds. The molecule has 0 saturated carbocycles. The quantitative estimate of drug-likeness (QED) is 0.865. The van der Waals surface area contributed by atoms with E-state index in [1.54, 1.807) is 42.6 Å². The fourth-order valence-electron chi connectivity index (χ4n) is 1.21. The van der Waals surface area contributed by atoms with Gasteiger partial charge in [0.05, 0.1) is 0 Å². The minimum atomic E-state index is 0.315. The van der Waals surface area contributed by atoms with Gasteiger partial charge in [0.15, 0.2) is 0 Å². The second-order valence-corrected chi connectivity index (χ2v) is 4.18. The number of benzene rings is 1. The molecule has 5 heteroatoms. The van der Waals surface area contributed by atoms with Gasteiger partial charge >= 0.3 is 0 Å². The summed E-state index contributed by atoms with van der Waals surface area (Å²) in [5, 5.41) is 0.661. The van der Waals surface area contributed by atoms with Crippen LogP contribution in [0.3, 0.4) is 0 Å². The van der Waals surface area contributed by atoms with Crippen molar-refractivity contribution in [1.29, 1.82) is 0 Å². The van der Waals surface area contributed by atoms with Crippen molar-refractivity contribution in [2.24, 2.45) is 5.73 Å². The lowest BCUT2D eigenvalue weighted by Gasteiger charge is -2.05. The highest BCUT2D eigenvalue weighted by molar-refractivity contribution is 7.80. The van der Waals surface area contributed by atoms with Crippen LogP contribution >= 0.6 is 23.8 Å². The van der Waals surface area contributed by atoms with Crippen LogP contribution < -0.4 is 10.5 Å². The minimum Gasteiger partial charge on any atom is -0.439 e. The summed E-state index contributed by atoms with van der Waals surface area (Å²) in [4.78, 5) is 4.41. The topological polar surface area (TPSA) is 48.1 Å². The molecule has 0 spiro atoms. The summed E-state index contributed by atoms with van der Waals surface area (Å²) in [6.45, 7) is 0. The average Bonchev–Trinajstić information content (AvgIpc) is 2.33. The van der Waals surface area contributed by atoms with Crippen LogP contribution in [0.4, 0.5) is 0 Å². The van der Waals surface area contributed by atoms with Crippen LogP contribution in [0.1, 0.15) is 5.56 Å². The van der Waals surface area contributed by atoms with Crippen LogP contribution in [0, 0.1) is 0 Å². The summed E-state index contributed by atoms with van der Waals surface area (Å²) in [7, 11) is 0. The van der Waals surface area contributed by atoms with Crippen LogP contribution in [-0.2, 0) is 0 Å². The number of nitrogens with two attached hydrogens (primary N) is 1. The summed E-state index contributed by atoms with van der Waals surface area (Å²) in [6.07, 6.45) is 1.58. The second kappa shape index (κ2) is 5.12. The van der Waals surface area contributed by atoms with Crippen molar-refractivity contribution in [2.75, 3.05) is 0 Å². The van der Waals surface area contributed by atoms with Crippen molar-refractivity contribution in [3.63, 3.8) is 0 Å². The van der Waals surface area contributed by atoms with Gasteiger partial charge < -0.3 is 10.5 Å². The van der Waals surface area contributed by atoms with Gasteiger partial charge in [-0.15, -0.1) is 0 Å². The second-order valence-electron chi connectivity index (χ2n) is 3.31. The smallest absolute Gasteiger partial charge is 0.219 e. The molecule has 3 nitrogen and oxygen atoms in total. The predicted octanol–water partition coefficient (Wildman–Crippen LogP) is 3.16. The lowest BCUT2D eigenvalue weighted by Crippen LogP contribution is -2.09. The number of aromatic nitrogens is 1. The number of hydrogen-bond acceptors (Lipinski definition) is 3. The fraction of sp³-hybridized carbons (Fsp3) is 0. The van der Waals surface area contributed by atoms with E-state index in [1.807, 2.05) is 0 Å². The molecule has 0 radical (unpaired) electrons. The summed E-state index contributed by atoms with van der Waals surface area (Å²) in [5.41, 5.74) is 6.18. The Morgan fingerprint density at radius 2 is 1.88 bits per heavy atom. The standard InChI is InChI=1S/C12H9ClN2OS/c13-9-2-4-10(5-3-9)16-11-6-1-8(7-15-11)12(14)17/h1-7H,(H2,14,17). The molecule has 0 atom stereocenters. The van der Waals surface area contributed by atoms with Crippen LogP contribution in [0.15, 0.2) is 42.6 Å². The molecule has 0 bridgehead atoms. The number of thiocarbonyl (C=S) groups is 1. The Balaban J connectivity index is 2.13. The Morgan fingerprint density at radius 1 is 1.18 bits per heavy atom. The van der Waals surface area contributed by atoms with Crippen LogP contribution in [-0.4, -0.2) is 9.97 Å². The fourth-order valence-corrected chi connectivity index (χ4v) is 1.46. The number of halogens is 1. The first-order valence-corrected chi connectivity index (χ1v) is 5.63. The molecule has 1 aromatic carbocycles. The Hall–Kier alpha value is -1.65. The molecule has 2 N–H and O–H groups in total. The molecule has 0 aliphatic heterocycles. The van der Waals surface area contributed by atoms with Gasteiger partial charge in [0.1, 0.15) is 10.7 Å². The molecule has 1 heterocycles. The zero-order chi connectivity index (χ0) is 12.3. The summed E-state index contributed by atoms with van der Waals surface area (Å²) >= 11 is 10.6. The van der Waals surface area contributed by atoms with E-state index in [1.165, 1.54) is 0 Å². The first-order chi connectivity index (χ1) is 8.15. The van der Waals surface area contributed by atoms with Gasteiger partial charge in [0.25, 0.3) is 0 Å². The van der Waals surface area contributed by atoms with E-state index in [0.717, 1.165) is 0 Å². The minimum absolute atomic E-state index is 0.315. The van der Waals surface area contributed by atoms with E-state index < -0.39 is 0 Å². The van der Waals surface area contributed by atoms with Crippen molar-refractivity contribution >= 4 is 28.8 Å². The largest absolute Gasteiger partial charge is 0.439 e. The maximum atomic E-state index is 5.77. The molecule has 0 fully saturated rings. The Bertz CT molecular complexity index is 525. The molecule has 86 valence electrons. The predicted molar refractivity (Wildman–Crippen MR) is 71.7 cm³/mol. The molecule has 0 unspecified atom stereocenters.